The fourth-order valence-corrected chi connectivity index (χ4v) is 6.11. The van der Waals surface area contributed by atoms with Gasteiger partial charge >= 0.3 is 12.0 Å². The van der Waals surface area contributed by atoms with E-state index in [-0.39, 0.29) is 10.6 Å². The van der Waals surface area contributed by atoms with Crippen molar-refractivity contribution in [3.63, 3.8) is 0 Å². The molecule has 1 aromatic rings. The van der Waals surface area contributed by atoms with Crippen LogP contribution < -0.4 is 15.0 Å². The van der Waals surface area contributed by atoms with Crippen LogP contribution in [0.1, 0.15) is 39.5 Å². The number of amides is 2. The number of nitrogens with zero attached hydrogens (tertiary/aromatic N) is 2. The molecule has 1 aromatic carbocycles. The van der Waals surface area contributed by atoms with Crippen LogP contribution >= 0.6 is 23.5 Å². The molecule has 2 N–H and O–H groups in total. The first-order valence-electron chi connectivity index (χ1n) is 11.6. The van der Waals surface area contributed by atoms with Gasteiger partial charge in [-0.3, -0.25) is 20.0 Å². The highest BCUT2D eigenvalue weighted by Gasteiger charge is 2.31. The summed E-state index contributed by atoms with van der Waals surface area (Å²) in [5, 5.41) is 12.9. The number of carboxylic acid groups (broad SMARTS) is 1. The molecule has 188 valence electrons. The number of thioether (sulfide) groups is 2. The van der Waals surface area contributed by atoms with Gasteiger partial charge in [0.1, 0.15) is 12.4 Å². The highest BCUT2D eigenvalue weighted by atomic mass is 32.2. The predicted molar refractivity (Wildman–Crippen MR) is 139 cm³/mol. The molecule has 1 unspecified atom stereocenters. The number of amidine groups is 1. The Kier molecular flexibility index (Phi) is 9.97. The Labute approximate surface area is 210 Å². The summed E-state index contributed by atoms with van der Waals surface area (Å²) >= 11 is 3.06. The summed E-state index contributed by atoms with van der Waals surface area (Å²) in [6, 6.07) is 7.37. The van der Waals surface area contributed by atoms with E-state index in [1.807, 2.05) is 24.3 Å². The van der Waals surface area contributed by atoms with Crippen LogP contribution in [-0.4, -0.2) is 66.0 Å². The fraction of sp³-hybridized carbons (Fsp3) is 0.625. The van der Waals surface area contributed by atoms with Crippen molar-refractivity contribution in [3.05, 3.63) is 24.3 Å². The maximum atomic E-state index is 13.3. The lowest BCUT2D eigenvalue weighted by atomic mass is 9.97. The third-order valence-corrected chi connectivity index (χ3v) is 8.89. The number of aliphatic imine (C=N–C) groups is 1. The van der Waals surface area contributed by atoms with Crippen molar-refractivity contribution >= 4 is 46.4 Å². The second-order valence-electron chi connectivity index (χ2n) is 9.22. The highest BCUT2D eigenvalue weighted by Crippen LogP contribution is 2.34. The second-order valence-corrected chi connectivity index (χ2v) is 11.9. The Morgan fingerprint density at radius 2 is 1.94 bits per heavy atom. The highest BCUT2D eigenvalue weighted by molar-refractivity contribution is 8.25. The number of hydrogen-bond donors (Lipinski definition) is 2. The van der Waals surface area contributed by atoms with Gasteiger partial charge in [-0.05, 0) is 56.9 Å². The van der Waals surface area contributed by atoms with Gasteiger partial charge in [-0.15, -0.1) is 11.8 Å². The number of rotatable bonds is 11. The molecule has 0 saturated heterocycles. The second kappa shape index (κ2) is 12.7. The number of anilines is 1. The van der Waals surface area contributed by atoms with Crippen LogP contribution in [0, 0.1) is 11.3 Å². The topological polar surface area (TPSA) is 100 Å². The zero-order chi connectivity index (χ0) is 24.6. The monoisotopic (exact) mass is 509 g/mol. The Balaban J connectivity index is 1.59. The van der Waals surface area contributed by atoms with Crippen molar-refractivity contribution in [2.45, 2.75) is 44.1 Å². The number of nitrogens with one attached hydrogen (secondary N) is 1. The molecule has 2 amide bonds. The number of hydrogen-bond acceptors (Lipinski definition) is 7. The van der Waals surface area contributed by atoms with Gasteiger partial charge < -0.3 is 14.6 Å². The minimum atomic E-state index is -0.810. The first-order chi connectivity index (χ1) is 16.3. The van der Waals surface area contributed by atoms with E-state index >= 15 is 0 Å². The summed E-state index contributed by atoms with van der Waals surface area (Å²) in [6.07, 6.45) is 4.69. The van der Waals surface area contributed by atoms with E-state index in [0.29, 0.717) is 43.1 Å². The summed E-state index contributed by atoms with van der Waals surface area (Å²) in [5.41, 5.74) is 0.0237. The summed E-state index contributed by atoms with van der Waals surface area (Å²) < 4.78 is 10.8. The molecule has 1 aliphatic heterocycles. The fourth-order valence-electron chi connectivity index (χ4n) is 3.76. The van der Waals surface area contributed by atoms with Crippen LogP contribution in [0.2, 0.25) is 0 Å². The van der Waals surface area contributed by atoms with Gasteiger partial charge in [0.2, 0.25) is 0 Å². The number of aliphatic carboxylic acids is 1. The molecule has 10 heteroatoms. The van der Waals surface area contributed by atoms with Crippen LogP contribution in [0.4, 0.5) is 10.5 Å². The molecule has 34 heavy (non-hydrogen) atoms. The first-order valence-corrected chi connectivity index (χ1v) is 13.6. The third kappa shape index (κ3) is 7.81. The van der Waals surface area contributed by atoms with Gasteiger partial charge in [-0.2, -0.15) is 0 Å². The van der Waals surface area contributed by atoms with Gasteiger partial charge in [0.25, 0.3) is 0 Å². The zero-order valence-corrected chi connectivity index (χ0v) is 21.8. The normalized spacial score (nSPS) is 18.6. The molecule has 1 aliphatic carbocycles. The molecule has 2 aliphatic rings. The van der Waals surface area contributed by atoms with E-state index in [1.54, 1.807) is 37.6 Å². The Morgan fingerprint density at radius 1 is 1.24 bits per heavy atom. The van der Waals surface area contributed by atoms with Crippen molar-refractivity contribution in [1.29, 1.82) is 0 Å². The standard InChI is InChI=1S/C24H35N3O5S2/c1-24(2,21(28)29)16-33-20-14-25-22(34-20)26-23(30)27(15-17-6-4-5-7-17)18-8-10-19(11-9-18)32-13-12-31-3/h8-11,17,20H,4-7,12-16H2,1-3H3,(H,28,29)(H,25,26,30). The largest absolute Gasteiger partial charge is 0.491 e. The van der Waals surface area contributed by atoms with Gasteiger partial charge in [0, 0.05) is 25.1 Å². The predicted octanol–water partition coefficient (Wildman–Crippen LogP) is 4.69. The molecule has 0 bridgehead atoms. The number of benzene rings is 1. The van der Waals surface area contributed by atoms with E-state index < -0.39 is 11.4 Å². The average molecular weight is 510 g/mol. The van der Waals surface area contributed by atoms with E-state index in [1.165, 1.54) is 24.6 Å². The molecule has 1 atom stereocenters. The molecule has 1 heterocycles. The molecular formula is C24H35N3O5S2. The Morgan fingerprint density at radius 3 is 2.59 bits per heavy atom. The Hall–Kier alpha value is -1.91. The quantitative estimate of drug-likeness (QED) is 0.417. The average Bonchev–Trinajstić information content (AvgIpc) is 3.49. The molecule has 0 aromatic heterocycles. The Bertz CT molecular complexity index is 857. The zero-order valence-electron chi connectivity index (χ0n) is 20.1. The van der Waals surface area contributed by atoms with Crippen LogP contribution in [0.5, 0.6) is 5.75 Å². The van der Waals surface area contributed by atoms with Crippen molar-refractivity contribution in [2.24, 2.45) is 16.3 Å². The van der Waals surface area contributed by atoms with Crippen LogP contribution in [-0.2, 0) is 9.53 Å². The smallest absolute Gasteiger partial charge is 0.327 e. The summed E-state index contributed by atoms with van der Waals surface area (Å²) in [6.45, 7) is 5.66. The van der Waals surface area contributed by atoms with E-state index in [2.05, 4.69) is 10.3 Å². The van der Waals surface area contributed by atoms with Crippen molar-refractivity contribution < 1.29 is 24.2 Å². The van der Waals surface area contributed by atoms with Gasteiger partial charge in [-0.1, -0.05) is 24.6 Å². The van der Waals surface area contributed by atoms with Crippen molar-refractivity contribution in [2.75, 3.05) is 44.1 Å². The molecular weight excluding hydrogens is 474 g/mol. The maximum absolute atomic E-state index is 13.3. The minimum Gasteiger partial charge on any atom is -0.491 e. The third-order valence-electron chi connectivity index (χ3n) is 5.92. The number of methoxy groups -OCH3 is 1. The van der Waals surface area contributed by atoms with Gasteiger partial charge in [0.05, 0.1) is 23.1 Å². The molecule has 1 fully saturated rings. The van der Waals surface area contributed by atoms with E-state index in [4.69, 9.17) is 9.47 Å². The molecule has 0 spiro atoms. The van der Waals surface area contributed by atoms with E-state index in [9.17, 15) is 14.7 Å². The number of carbonyl (C=O) groups excluding carboxylic acids is 1. The maximum Gasteiger partial charge on any atom is 0.327 e. The summed E-state index contributed by atoms with van der Waals surface area (Å²) in [7, 11) is 1.64. The van der Waals surface area contributed by atoms with Gasteiger partial charge in [0.15, 0.2) is 5.17 Å². The van der Waals surface area contributed by atoms with Gasteiger partial charge in [-0.25, -0.2) is 4.79 Å². The SMILES string of the molecule is COCCOc1ccc(N(CC2CCCC2)C(=O)NC2=NCC(SCC(C)(C)C(=O)O)S2)cc1. The molecule has 3 rings (SSSR count). The lowest BCUT2D eigenvalue weighted by molar-refractivity contribution is -0.145. The minimum absolute atomic E-state index is 0.0979. The molecule has 0 radical (unpaired) electrons. The lowest BCUT2D eigenvalue weighted by Gasteiger charge is -2.26. The number of carboxylic acids is 1. The van der Waals surface area contributed by atoms with Crippen LogP contribution in [0.25, 0.3) is 0 Å². The molecule has 8 nitrogen and oxygen atoms in total. The molecule has 1 saturated carbocycles. The number of urea groups is 1. The van der Waals surface area contributed by atoms with Crippen LogP contribution in [0.3, 0.4) is 0 Å². The van der Waals surface area contributed by atoms with Crippen molar-refractivity contribution in [3.8, 4) is 5.75 Å². The van der Waals surface area contributed by atoms with Crippen molar-refractivity contribution in [1.82, 2.24) is 5.32 Å². The van der Waals surface area contributed by atoms with E-state index in [0.717, 1.165) is 24.3 Å². The lowest BCUT2D eigenvalue weighted by Crippen LogP contribution is -2.44. The van der Waals surface area contributed by atoms with Crippen LogP contribution in [0.15, 0.2) is 29.3 Å². The number of ether oxygens (including phenoxy) is 2. The summed E-state index contributed by atoms with van der Waals surface area (Å²) in [5.74, 6) is 0.906. The summed E-state index contributed by atoms with van der Waals surface area (Å²) in [4.78, 5) is 30.9. The first kappa shape index (κ1) is 26.7. The number of carbonyl (C=O) groups is 2.